The number of carbonyl (C=O) groups excluding carboxylic acids is 1. The predicted molar refractivity (Wildman–Crippen MR) is 126 cm³/mol. The highest BCUT2D eigenvalue weighted by molar-refractivity contribution is 5.75. The van der Waals surface area contributed by atoms with Crippen LogP contribution in [0.25, 0.3) is 0 Å². The van der Waals surface area contributed by atoms with E-state index < -0.39 is 0 Å². The van der Waals surface area contributed by atoms with Gasteiger partial charge in [-0.3, -0.25) is 4.79 Å². The second kappa shape index (κ2) is 17.0. The highest BCUT2D eigenvalue weighted by Crippen LogP contribution is 2.17. The topological polar surface area (TPSA) is 61.4 Å². The largest absolute Gasteiger partial charge is 0.631 e. The molecule has 0 aromatic carbocycles. The minimum absolute atomic E-state index is 0.0371. The molecule has 0 saturated carbocycles. The van der Waals surface area contributed by atoms with Gasteiger partial charge in [-0.25, -0.2) is 0 Å². The minimum Gasteiger partial charge on any atom is -0.631 e. The van der Waals surface area contributed by atoms with Crippen molar-refractivity contribution in [1.29, 1.82) is 0 Å². The van der Waals surface area contributed by atoms with Crippen molar-refractivity contribution in [3.05, 3.63) is 5.21 Å². The number of nitrogens with one attached hydrogen (secondary N) is 1. The zero-order chi connectivity index (χ0) is 22.1. The smallest absolute Gasteiger partial charge is 0.224 e. The van der Waals surface area contributed by atoms with E-state index in [1.807, 2.05) is 6.92 Å². The molecule has 178 valence electrons. The molecule has 5 heteroatoms. The Bertz CT molecular complexity index is 423. The van der Waals surface area contributed by atoms with Gasteiger partial charge in [0.15, 0.2) is 6.17 Å². The van der Waals surface area contributed by atoms with Crippen molar-refractivity contribution in [3.63, 3.8) is 0 Å². The summed E-state index contributed by atoms with van der Waals surface area (Å²) in [6, 6.07) is 0. The van der Waals surface area contributed by atoms with Crippen LogP contribution in [0.2, 0.25) is 0 Å². The number of hydrogen-bond donors (Lipinski definition) is 1. The Morgan fingerprint density at radius 1 is 0.867 bits per heavy atom. The summed E-state index contributed by atoms with van der Waals surface area (Å²) >= 11 is 0. The Labute approximate surface area is 186 Å². The molecule has 1 saturated heterocycles. The van der Waals surface area contributed by atoms with Crippen LogP contribution in [0.15, 0.2) is 0 Å². The number of hydroxylamine groups is 3. The van der Waals surface area contributed by atoms with Gasteiger partial charge in [-0.2, -0.15) is 0 Å². The molecular formula is C25H50N2O3. The predicted octanol–water partition coefficient (Wildman–Crippen LogP) is 6.30. The van der Waals surface area contributed by atoms with Gasteiger partial charge in [0.25, 0.3) is 0 Å². The van der Waals surface area contributed by atoms with Crippen LogP contribution in [0.3, 0.4) is 0 Å². The molecule has 0 radical (unpaired) electrons. The molecule has 1 fully saturated rings. The zero-order valence-electron chi connectivity index (χ0n) is 20.3. The van der Waals surface area contributed by atoms with Crippen LogP contribution in [0.1, 0.15) is 117 Å². The number of morpholine rings is 1. The fraction of sp³-hybridized carbons (Fsp3) is 0.960. The lowest BCUT2D eigenvalue weighted by molar-refractivity contribution is -0.915. The van der Waals surface area contributed by atoms with E-state index in [2.05, 4.69) is 19.2 Å². The summed E-state index contributed by atoms with van der Waals surface area (Å²) in [5.41, 5.74) is 0. The van der Waals surface area contributed by atoms with Crippen molar-refractivity contribution in [2.24, 2.45) is 5.92 Å². The Hall–Kier alpha value is -0.650. The lowest BCUT2D eigenvalue weighted by Crippen LogP contribution is -2.62. The third-order valence-corrected chi connectivity index (χ3v) is 6.45. The van der Waals surface area contributed by atoms with Crippen molar-refractivity contribution >= 4 is 5.91 Å². The van der Waals surface area contributed by atoms with E-state index in [4.69, 9.17) is 4.74 Å². The van der Waals surface area contributed by atoms with Gasteiger partial charge in [-0.1, -0.05) is 97.8 Å². The van der Waals surface area contributed by atoms with Crippen LogP contribution < -0.4 is 5.32 Å². The lowest BCUT2D eigenvalue weighted by atomic mass is 10.0. The van der Waals surface area contributed by atoms with Crippen molar-refractivity contribution in [2.75, 3.05) is 26.3 Å². The van der Waals surface area contributed by atoms with Gasteiger partial charge in [0.2, 0.25) is 5.91 Å². The standard InChI is InChI=1S/C25H50N2O3/c1-4-24(27(29)19-21-30-22-20-27)26-25(28)18-16-14-12-10-8-6-5-7-9-11-13-15-17-23(2)3/h23-24H,4-22H2,1-3H3,(H,26,28). The first-order valence-corrected chi connectivity index (χ1v) is 12.9. The summed E-state index contributed by atoms with van der Waals surface area (Å²) < 4.78 is 4.96. The van der Waals surface area contributed by atoms with Crippen molar-refractivity contribution in [3.8, 4) is 0 Å². The SMILES string of the molecule is CCC(NC(=O)CCCCCCCCCCCCCCC(C)C)[N+]1([O-])CCOCC1. The molecule has 0 bridgehead atoms. The van der Waals surface area contributed by atoms with Crippen LogP contribution in [0.5, 0.6) is 0 Å². The number of hydrogen-bond acceptors (Lipinski definition) is 3. The molecule has 1 aliphatic heterocycles. The highest BCUT2D eigenvalue weighted by Gasteiger charge is 2.30. The number of nitrogens with zero attached hydrogens (tertiary/aromatic N) is 1. The molecule has 1 unspecified atom stereocenters. The molecule has 0 aliphatic carbocycles. The van der Waals surface area contributed by atoms with Crippen LogP contribution in [-0.4, -0.2) is 43.0 Å². The first-order valence-electron chi connectivity index (χ1n) is 12.9. The van der Waals surface area contributed by atoms with Gasteiger partial charge in [-0.15, -0.1) is 0 Å². The molecule has 5 nitrogen and oxygen atoms in total. The fourth-order valence-electron chi connectivity index (χ4n) is 4.38. The molecule has 1 N–H and O–H groups in total. The second-order valence-corrected chi connectivity index (χ2v) is 9.68. The average Bonchev–Trinajstić information content (AvgIpc) is 2.72. The van der Waals surface area contributed by atoms with E-state index >= 15 is 0 Å². The number of unbranched alkanes of at least 4 members (excludes halogenated alkanes) is 11. The van der Waals surface area contributed by atoms with Gasteiger partial charge in [0.05, 0.1) is 13.2 Å². The molecule has 0 aromatic heterocycles. The van der Waals surface area contributed by atoms with Crippen LogP contribution in [-0.2, 0) is 9.53 Å². The van der Waals surface area contributed by atoms with Gasteiger partial charge < -0.3 is 19.9 Å². The average molecular weight is 427 g/mol. The van der Waals surface area contributed by atoms with Crippen molar-refractivity contribution in [1.82, 2.24) is 5.32 Å². The summed E-state index contributed by atoms with van der Waals surface area (Å²) in [5, 5.41) is 15.8. The Balaban J connectivity index is 1.92. The van der Waals surface area contributed by atoms with Gasteiger partial charge in [0, 0.05) is 12.8 Å². The normalized spacial score (nSPS) is 17.2. The maximum atomic E-state index is 12.8. The van der Waals surface area contributed by atoms with Crippen LogP contribution >= 0.6 is 0 Å². The summed E-state index contributed by atoms with van der Waals surface area (Å²) in [6.07, 6.45) is 17.9. The molecule has 30 heavy (non-hydrogen) atoms. The molecular weight excluding hydrogens is 376 g/mol. The van der Waals surface area contributed by atoms with E-state index in [0.717, 1.165) is 18.8 Å². The van der Waals surface area contributed by atoms with E-state index in [1.165, 1.54) is 70.6 Å². The molecule has 1 aliphatic rings. The number of ether oxygens (including phenoxy) is 1. The molecule has 1 atom stereocenters. The lowest BCUT2D eigenvalue weighted by Gasteiger charge is -2.50. The summed E-state index contributed by atoms with van der Waals surface area (Å²) in [5.74, 6) is 0.893. The number of carbonyl (C=O) groups is 1. The minimum atomic E-state index is -0.333. The number of amides is 1. The first-order chi connectivity index (χ1) is 14.5. The maximum absolute atomic E-state index is 12.8. The molecule has 1 heterocycles. The Morgan fingerprint density at radius 3 is 1.80 bits per heavy atom. The first kappa shape index (κ1) is 27.4. The van der Waals surface area contributed by atoms with Gasteiger partial charge >= 0.3 is 0 Å². The summed E-state index contributed by atoms with van der Waals surface area (Å²) in [6.45, 7) is 8.47. The van der Waals surface area contributed by atoms with Gasteiger partial charge in [0.1, 0.15) is 13.1 Å². The third kappa shape index (κ3) is 12.9. The Morgan fingerprint density at radius 2 is 1.33 bits per heavy atom. The monoisotopic (exact) mass is 426 g/mol. The van der Waals surface area contributed by atoms with Gasteiger partial charge in [-0.05, 0) is 12.3 Å². The van der Waals surface area contributed by atoms with Crippen LogP contribution in [0.4, 0.5) is 0 Å². The fourth-order valence-corrected chi connectivity index (χ4v) is 4.38. The maximum Gasteiger partial charge on any atom is 0.224 e. The molecule has 0 aromatic rings. The highest BCUT2D eigenvalue weighted by atomic mass is 16.6. The number of quaternary nitrogens is 1. The van der Waals surface area contributed by atoms with Crippen molar-refractivity contribution < 1.29 is 14.2 Å². The van der Waals surface area contributed by atoms with E-state index in [9.17, 15) is 10.0 Å². The quantitative estimate of drug-likeness (QED) is 0.159. The van der Waals surface area contributed by atoms with Crippen molar-refractivity contribution in [2.45, 2.75) is 123 Å². The van der Waals surface area contributed by atoms with E-state index in [0.29, 0.717) is 39.1 Å². The third-order valence-electron chi connectivity index (χ3n) is 6.45. The summed E-state index contributed by atoms with van der Waals surface area (Å²) in [4.78, 5) is 12.2. The van der Waals surface area contributed by atoms with E-state index in [1.54, 1.807) is 0 Å². The zero-order valence-corrected chi connectivity index (χ0v) is 20.3. The molecule has 1 amide bonds. The molecule has 0 spiro atoms. The van der Waals surface area contributed by atoms with E-state index in [-0.39, 0.29) is 16.7 Å². The molecule has 1 rings (SSSR count). The van der Waals surface area contributed by atoms with Crippen LogP contribution in [0, 0.1) is 11.1 Å². The summed E-state index contributed by atoms with van der Waals surface area (Å²) in [7, 11) is 0. The number of rotatable bonds is 18. The Kier molecular flexibility index (Phi) is 15.5. The second-order valence-electron chi connectivity index (χ2n) is 9.68.